The topological polar surface area (TPSA) is 25.2 Å². The van der Waals surface area contributed by atoms with Gasteiger partial charge in [0.25, 0.3) is 0 Å². The molecule has 2 rings (SSSR count). The van der Waals surface area contributed by atoms with Crippen LogP contribution in [0.4, 0.5) is 0 Å². The summed E-state index contributed by atoms with van der Waals surface area (Å²) in [5.74, 6) is 2.01. The van der Waals surface area contributed by atoms with Crippen molar-refractivity contribution in [2.45, 2.75) is 19.9 Å². The molecular weight excluding hydrogens is 198 g/mol. The highest BCUT2D eigenvalue weighted by molar-refractivity contribution is 5.26. The van der Waals surface area contributed by atoms with E-state index in [1.165, 1.54) is 11.1 Å². The van der Waals surface area contributed by atoms with Crippen molar-refractivity contribution in [2.75, 3.05) is 7.05 Å². The van der Waals surface area contributed by atoms with Crippen LogP contribution in [-0.4, -0.2) is 7.05 Å². The fourth-order valence-corrected chi connectivity index (χ4v) is 1.81. The van der Waals surface area contributed by atoms with Gasteiger partial charge in [0.15, 0.2) is 0 Å². The lowest BCUT2D eigenvalue weighted by molar-refractivity contribution is 0.462. The summed E-state index contributed by atoms with van der Waals surface area (Å²) in [7, 11) is 1.92. The molecule has 2 nitrogen and oxygen atoms in total. The van der Waals surface area contributed by atoms with Crippen LogP contribution in [0, 0.1) is 6.92 Å². The first-order valence-electron chi connectivity index (χ1n) is 5.55. The number of rotatable bonds is 4. The van der Waals surface area contributed by atoms with Gasteiger partial charge in [-0.3, -0.25) is 0 Å². The van der Waals surface area contributed by atoms with Crippen LogP contribution in [0.5, 0.6) is 0 Å². The van der Waals surface area contributed by atoms with Crippen LogP contribution in [0.2, 0.25) is 0 Å². The minimum Gasteiger partial charge on any atom is -0.464 e. The smallest absolute Gasteiger partial charge is 0.117 e. The number of furan rings is 1. The molecule has 2 heteroatoms. The quantitative estimate of drug-likeness (QED) is 0.848. The Balaban J connectivity index is 2.08. The van der Waals surface area contributed by atoms with Gasteiger partial charge in [-0.05, 0) is 31.7 Å². The highest BCUT2D eigenvalue weighted by Crippen LogP contribution is 2.14. The Morgan fingerprint density at radius 2 is 1.94 bits per heavy atom. The molecule has 1 heterocycles. The fourth-order valence-electron chi connectivity index (χ4n) is 1.81. The summed E-state index contributed by atoms with van der Waals surface area (Å²) in [6, 6.07) is 12.6. The molecule has 2 aromatic rings. The van der Waals surface area contributed by atoms with Gasteiger partial charge in [-0.15, -0.1) is 0 Å². The van der Waals surface area contributed by atoms with E-state index in [1.54, 1.807) is 0 Å². The van der Waals surface area contributed by atoms with Crippen molar-refractivity contribution in [3.8, 4) is 0 Å². The van der Waals surface area contributed by atoms with Crippen molar-refractivity contribution in [1.29, 1.82) is 0 Å². The van der Waals surface area contributed by atoms with E-state index in [0.717, 1.165) is 24.5 Å². The maximum absolute atomic E-state index is 5.71. The predicted octanol–water partition coefficient (Wildman–Crippen LogP) is 2.90. The van der Waals surface area contributed by atoms with Gasteiger partial charge in [-0.1, -0.05) is 29.8 Å². The van der Waals surface area contributed by atoms with Gasteiger partial charge >= 0.3 is 0 Å². The Kier molecular flexibility index (Phi) is 3.42. The lowest BCUT2D eigenvalue weighted by atomic mass is 10.1. The Labute approximate surface area is 96.3 Å². The second-order valence-corrected chi connectivity index (χ2v) is 4.06. The molecule has 0 radical (unpaired) electrons. The zero-order valence-corrected chi connectivity index (χ0v) is 9.79. The molecule has 0 aliphatic rings. The van der Waals surface area contributed by atoms with E-state index in [9.17, 15) is 0 Å². The van der Waals surface area contributed by atoms with E-state index in [4.69, 9.17) is 4.42 Å². The Hall–Kier alpha value is -1.54. The molecule has 0 spiro atoms. The van der Waals surface area contributed by atoms with Gasteiger partial charge in [-0.25, -0.2) is 0 Å². The summed E-state index contributed by atoms with van der Waals surface area (Å²) in [6.45, 7) is 2.89. The lowest BCUT2D eigenvalue weighted by Crippen LogP contribution is -2.03. The molecule has 0 saturated carbocycles. The predicted molar refractivity (Wildman–Crippen MR) is 65.5 cm³/mol. The molecule has 1 aromatic carbocycles. The summed E-state index contributed by atoms with van der Waals surface area (Å²) in [4.78, 5) is 0. The van der Waals surface area contributed by atoms with Gasteiger partial charge in [-0.2, -0.15) is 0 Å². The molecule has 16 heavy (non-hydrogen) atoms. The zero-order chi connectivity index (χ0) is 11.4. The van der Waals surface area contributed by atoms with Crippen molar-refractivity contribution in [3.63, 3.8) is 0 Å². The van der Waals surface area contributed by atoms with Crippen LogP contribution in [0.25, 0.3) is 0 Å². The maximum atomic E-state index is 5.71. The normalized spacial score (nSPS) is 10.6. The van der Waals surface area contributed by atoms with E-state index in [1.807, 2.05) is 13.1 Å². The van der Waals surface area contributed by atoms with Gasteiger partial charge in [0.05, 0.1) is 6.54 Å². The van der Waals surface area contributed by atoms with Crippen LogP contribution in [0.1, 0.15) is 22.6 Å². The van der Waals surface area contributed by atoms with Crippen molar-refractivity contribution in [3.05, 3.63) is 59.0 Å². The van der Waals surface area contributed by atoms with Gasteiger partial charge in [0.1, 0.15) is 11.5 Å². The highest BCUT2D eigenvalue weighted by Gasteiger charge is 2.02. The molecule has 0 atom stereocenters. The molecule has 0 aliphatic heterocycles. The summed E-state index contributed by atoms with van der Waals surface area (Å²) in [5.41, 5.74) is 2.59. The van der Waals surface area contributed by atoms with Gasteiger partial charge in [0.2, 0.25) is 0 Å². The molecule has 1 N–H and O–H groups in total. The molecule has 0 saturated heterocycles. The van der Waals surface area contributed by atoms with E-state index in [0.29, 0.717) is 0 Å². The van der Waals surface area contributed by atoms with Crippen molar-refractivity contribution >= 4 is 0 Å². The Bertz CT molecular complexity index is 459. The van der Waals surface area contributed by atoms with E-state index in [2.05, 4.69) is 42.6 Å². The first-order valence-corrected chi connectivity index (χ1v) is 5.55. The average Bonchev–Trinajstić information content (AvgIpc) is 2.66. The molecular formula is C14H17NO. The fraction of sp³-hybridized carbons (Fsp3) is 0.286. The largest absolute Gasteiger partial charge is 0.464 e. The third-order valence-corrected chi connectivity index (χ3v) is 2.53. The monoisotopic (exact) mass is 215 g/mol. The third-order valence-electron chi connectivity index (χ3n) is 2.53. The van der Waals surface area contributed by atoms with Crippen molar-refractivity contribution in [1.82, 2.24) is 5.32 Å². The highest BCUT2D eigenvalue weighted by atomic mass is 16.3. The van der Waals surface area contributed by atoms with Gasteiger partial charge < -0.3 is 9.73 Å². The molecule has 0 amide bonds. The van der Waals surface area contributed by atoms with Crippen LogP contribution in [0.15, 0.2) is 40.8 Å². The minimum absolute atomic E-state index is 0.786. The third kappa shape index (κ3) is 2.74. The van der Waals surface area contributed by atoms with Gasteiger partial charge in [0, 0.05) is 6.42 Å². The first-order chi connectivity index (χ1) is 7.78. The standard InChI is InChI=1S/C14H17NO/c1-11-4-3-5-12(8-11)9-13-6-7-14(16-13)10-15-2/h3-8,15H,9-10H2,1-2H3. The number of benzene rings is 1. The van der Waals surface area contributed by atoms with E-state index in [-0.39, 0.29) is 0 Å². The number of aryl methyl sites for hydroxylation is 1. The van der Waals surface area contributed by atoms with E-state index < -0.39 is 0 Å². The zero-order valence-electron chi connectivity index (χ0n) is 9.79. The molecule has 0 unspecified atom stereocenters. The summed E-state index contributed by atoms with van der Waals surface area (Å²) >= 11 is 0. The van der Waals surface area contributed by atoms with E-state index >= 15 is 0 Å². The van der Waals surface area contributed by atoms with Crippen molar-refractivity contribution < 1.29 is 4.42 Å². The first kappa shape index (κ1) is 11.0. The molecule has 84 valence electrons. The van der Waals surface area contributed by atoms with Crippen LogP contribution >= 0.6 is 0 Å². The Morgan fingerprint density at radius 1 is 1.12 bits per heavy atom. The summed E-state index contributed by atoms with van der Waals surface area (Å²) in [6.07, 6.45) is 0.866. The maximum Gasteiger partial charge on any atom is 0.117 e. The number of nitrogens with one attached hydrogen (secondary N) is 1. The second kappa shape index (κ2) is 4.99. The van der Waals surface area contributed by atoms with Crippen LogP contribution < -0.4 is 5.32 Å². The number of hydrogen-bond acceptors (Lipinski definition) is 2. The van der Waals surface area contributed by atoms with Crippen molar-refractivity contribution in [2.24, 2.45) is 0 Å². The average molecular weight is 215 g/mol. The number of hydrogen-bond donors (Lipinski definition) is 1. The summed E-state index contributed by atoms with van der Waals surface area (Å²) in [5, 5.41) is 3.08. The van der Waals surface area contributed by atoms with Crippen LogP contribution in [0.3, 0.4) is 0 Å². The summed E-state index contributed by atoms with van der Waals surface area (Å²) < 4.78 is 5.71. The molecule has 0 fully saturated rings. The SMILES string of the molecule is CNCc1ccc(Cc2cccc(C)c2)o1. The molecule has 0 bridgehead atoms. The van der Waals surface area contributed by atoms with Crippen LogP contribution in [-0.2, 0) is 13.0 Å². The minimum atomic E-state index is 0.786. The second-order valence-electron chi connectivity index (χ2n) is 4.06. The molecule has 0 aliphatic carbocycles. The molecule has 1 aromatic heterocycles. The Morgan fingerprint density at radius 3 is 2.69 bits per heavy atom. The lowest BCUT2D eigenvalue weighted by Gasteiger charge is -2.00.